The molecule has 1 fully saturated rings. The summed E-state index contributed by atoms with van der Waals surface area (Å²) < 4.78 is 32.5. The van der Waals surface area contributed by atoms with Crippen molar-refractivity contribution in [3.05, 3.63) is 107 Å². The second kappa shape index (κ2) is 10.7. The first kappa shape index (κ1) is 23.0. The molecule has 0 radical (unpaired) electrons. The van der Waals surface area contributed by atoms with Crippen LogP contribution in [0.1, 0.15) is 21.5 Å². The van der Waals surface area contributed by atoms with Gasteiger partial charge < -0.3 is 15.2 Å². The van der Waals surface area contributed by atoms with Gasteiger partial charge in [-0.15, -0.1) is 0 Å². The number of carbonyl (C=O) groups excluding carboxylic acids is 1. The van der Waals surface area contributed by atoms with Gasteiger partial charge in [0.2, 0.25) is 0 Å². The third-order valence-electron chi connectivity index (χ3n) is 5.82. The molecule has 4 rings (SSSR count). The van der Waals surface area contributed by atoms with Gasteiger partial charge in [-0.1, -0.05) is 42.5 Å². The second-order valence-corrected chi connectivity index (χ2v) is 8.16. The monoisotopic (exact) mass is 452 g/mol. The van der Waals surface area contributed by atoms with E-state index in [2.05, 4.69) is 5.32 Å². The Labute approximate surface area is 191 Å². The summed E-state index contributed by atoms with van der Waals surface area (Å²) in [5, 5.41) is 13.8. The molecule has 3 aromatic rings. The summed E-state index contributed by atoms with van der Waals surface area (Å²) >= 11 is 0. The van der Waals surface area contributed by atoms with E-state index in [0.717, 1.165) is 11.1 Å². The third kappa shape index (κ3) is 6.01. The van der Waals surface area contributed by atoms with Crippen molar-refractivity contribution in [2.24, 2.45) is 0 Å². The van der Waals surface area contributed by atoms with E-state index in [4.69, 9.17) is 4.74 Å². The van der Waals surface area contributed by atoms with E-state index >= 15 is 0 Å². The maximum Gasteiger partial charge on any atom is 0.251 e. The Kier molecular flexibility index (Phi) is 7.44. The Morgan fingerprint density at radius 1 is 0.909 bits per heavy atom. The molecule has 172 valence electrons. The molecule has 0 aromatic heterocycles. The van der Waals surface area contributed by atoms with Gasteiger partial charge in [0.1, 0.15) is 17.7 Å². The van der Waals surface area contributed by atoms with Crippen molar-refractivity contribution < 1.29 is 23.4 Å². The Morgan fingerprint density at radius 2 is 1.45 bits per heavy atom. The first-order valence-electron chi connectivity index (χ1n) is 10.9. The maximum absolute atomic E-state index is 13.4. The van der Waals surface area contributed by atoms with E-state index in [0.29, 0.717) is 18.7 Å². The van der Waals surface area contributed by atoms with Crippen LogP contribution in [0.2, 0.25) is 0 Å². The number of carbonyl (C=O) groups is 1. The number of amides is 1. The van der Waals surface area contributed by atoms with Gasteiger partial charge in [0, 0.05) is 25.2 Å². The minimum atomic E-state index is -0.845. The quantitative estimate of drug-likeness (QED) is 0.549. The van der Waals surface area contributed by atoms with Crippen molar-refractivity contribution in [3.63, 3.8) is 0 Å². The van der Waals surface area contributed by atoms with Crippen LogP contribution >= 0.6 is 0 Å². The molecule has 0 unspecified atom stereocenters. The average molecular weight is 453 g/mol. The molecule has 1 heterocycles. The maximum atomic E-state index is 13.4. The Balaban J connectivity index is 1.44. The number of aliphatic hydroxyl groups excluding tert-OH is 1. The summed E-state index contributed by atoms with van der Waals surface area (Å²) in [5.74, 6) is -0.867. The molecule has 1 amide bonds. The van der Waals surface area contributed by atoms with Gasteiger partial charge >= 0.3 is 0 Å². The van der Waals surface area contributed by atoms with Crippen LogP contribution in [0.3, 0.4) is 0 Å². The highest BCUT2D eigenvalue weighted by molar-refractivity contribution is 5.94. The van der Waals surface area contributed by atoms with Gasteiger partial charge in [-0.3, -0.25) is 9.69 Å². The summed E-state index contributed by atoms with van der Waals surface area (Å²) in [6.45, 7) is 1.35. The summed E-state index contributed by atoms with van der Waals surface area (Å²) in [7, 11) is 0. The van der Waals surface area contributed by atoms with Crippen molar-refractivity contribution in [1.82, 2.24) is 10.2 Å². The largest absolute Gasteiger partial charge is 0.389 e. The summed E-state index contributed by atoms with van der Waals surface area (Å²) in [6.07, 6.45) is -1.41. The lowest BCUT2D eigenvalue weighted by atomic mass is 10.0. The molecule has 3 atom stereocenters. The van der Waals surface area contributed by atoms with E-state index in [-0.39, 0.29) is 36.7 Å². The SMILES string of the molecule is O=C(NC[C@H]1OC[C@@H](N(Cc2ccc(F)cc2)Cc2ccc(F)cc2)[C@@H]1O)c1ccccc1. The molecule has 1 aliphatic heterocycles. The number of ether oxygens (including phenoxy) is 1. The van der Waals surface area contributed by atoms with Crippen LogP contribution in [-0.2, 0) is 17.8 Å². The number of aliphatic hydroxyl groups is 1. The predicted molar refractivity (Wildman–Crippen MR) is 120 cm³/mol. The molecule has 0 aliphatic carbocycles. The lowest BCUT2D eigenvalue weighted by Crippen LogP contribution is -2.46. The third-order valence-corrected chi connectivity index (χ3v) is 5.82. The van der Waals surface area contributed by atoms with E-state index < -0.39 is 12.2 Å². The van der Waals surface area contributed by atoms with Gasteiger partial charge in [0.05, 0.1) is 18.8 Å². The molecule has 0 bridgehead atoms. The van der Waals surface area contributed by atoms with Crippen LogP contribution in [0.15, 0.2) is 78.9 Å². The summed E-state index contributed by atoms with van der Waals surface area (Å²) in [4.78, 5) is 14.4. The molecular weight excluding hydrogens is 426 g/mol. The number of nitrogens with one attached hydrogen (secondary N) is 1. The van der Waals surface area contributed by atoms with Crippen molar-refractivity contribution in [3.8, 4) is 0 Å². The fourth-order valence-corrected chi connectivity index (χ4v) is 3.99. The predicted octanol–water partition coefficient (Wildman–Crippen LogP) is 3.53. The Morgan fingerprint density at radius 3 is 2.00 bits per heavy atom. The zero-order valence-electron chi connectivity index (χ0n) is 18.0. The number of halogens is 2. The van der Waals surface area contributed by atoms with Crippen LogP contribution in [0, 0.1) is 11.6 Å². The molecule has 33 heavy (non-hydrogen) atoms. The van der Waals surface area contributed by atoms with Crippen LogP contribution in [0.4, 0.5) is 8.78 Å². The lowest BCUT2D eigenvalue weighted by molar-refractivity contribution is 0.0300. The van der Waals surface area contributed by atoms with Crippen LogP contribution < -0.4 is 5.32 Å². The minimum absolute atomic E-state index is 0.173. The fourth-order valence-electron chi connectivity index (χ4n) is 3.99. The lowest BCUT2D eigenvalue weighted by Gasteiger charge is -2.31. The summed E-state index contributed by atoms with van der Waals surface area (Å²) in [5.41, 5.74) is 2.30. The van der Waals surface area contributed by atoms with Gasteiger partial charge in [-0.25, -0.2) is 8.78 Å². The number of rotatable bonds is 8. The molecule has 1 aliphatic rings. The van der Waals surface area contributed by atoms with E-state index in [9.17, 15) is 18.7 Å². The van der Waals surface area contributed by atoms with Crippen LogP contribution in [0.5, 0.6) is 0 Å². The zero-order chi connectivity index (χ0) is 23.2. The second-order valence-electron chi connectivity index (χ2n) is 8.16. The minimum Gasteiger partial charge on any atom is -0.389 e. The summed E-state index contributed by atoms with van der Waals surface area (Å²) in [6, 6.07) is 20.9. The first-order valence-corrected chi connectivity index (χ1v) is 10.9. The molecule has 2 N–H and O–H groups in total. The van der Waals surface area contributed by atoms with E-state index in [1.165, 1.54) is 24.3 Å². The number of hydrogen-bond acceptors (Lipinski definition) is 4. The van der Waals surface area contributed by atoms with Crippen molar-refractivity contribution in [2.75, 3.05) is 13.2 Å². The van der Waals surface area contributed by atoms with Crippen molar-refractivity contribution in [1.29, 1.82) is 0 Å². The number of nitrogens with zero attached hydrogens (tertiary/aromatic N) is 1. The van der Waals surface area contributed by atoms with E-state index in [1.54, 1.807) is 48.5 Å². The van der Waals surface area contributed by atoms with Gasteiger partial charge in [0.15, 0.2) is 0 Å². The molecule has 7 heteroatoms. The van der Waals surface area contributed by atoms with Gasteiger partial charge in [0.25, 0.3) is 5.91 Å². The molecule has 3 aromatic carbocycles. The van der Waals surface area contributed by atoms with E-state index in [1.807, 2.05) is 11.0 Å². The smallest absolute Gasteiger partial charge is 0.251 e. The van der Waals surface area contributed by atoms with Crippen molar-refractivity contribution >= 4 is 5.91 Å². The molecule has 0 saturated carbocycles. The normalized spacial score (nSPS) is 20.2. The molecule has 0 spiro atoms. The highest BCUT2D eigenvalue weighted by atomic mass is 19.1. The van der Waals surface area contributed by atoms with Crippen molar-refractivity contribution in [2.45, 2.75) is 31.3 Å². The fraction of sp³-hybridized carbons (Fsp3) is 0.269. The molecule has 1 saturated heterocycles. The topological polar surface area (TPSA) is 61.8 Å². The first-order chi connectivity index (χ1) is 16.0. The van der Waals surface area contributed by atoms with Gasteiger partial charge in [-0.05, 0) is 47.5 Å². The molecular formula is C26H26F2N2O3. The van der Waals surface area contributed by atoms with Crippen LogP contribution in [-0.4, -0.2) is 47.3 Å². The highest BCUT2D eigenvalue weighted by Gasteiger charge is 2.39. The zero-order valence-corrected chi connectivity index (χ0v) is 18.0. The van der Waals surface area contributed by atoms with Gasteiger partial charge in [-0.2, -0.15) is 0 Å². The standard InChI is InChI=1S/C26H26F2N2O3/c27-21-10-6-18(7-11-21)15-30(16-19-8-12-22(28)13-9-19)23-17-33-24(25(23)31)14-29-26(32)20-4-2-1-3-5-20/h1-13,23-25,31H,14-17H2,(H,29,32)/t23-,24-,25+/m1/s1. The highest BCUT2D eigenvalue weighted by Crippen LogP contribution is 2.24. The average Bonchev–Trinajstić information content (AvgIpc) is 3.20. The van der Waals surface area contributed by atoms with Crippen LogP contribution in [0.25, 0.3) is 0 Å². The number of benzene rings is 3. The Hall–Kier alpha value is -3.13. The molecule has 5 nitrogen and oxygen atoms in total. The number of hydrogen-bond donors (Lipinski definition) is 2. The Bertz CT molecular complexity index is 998.